The third-order valence-corrected chi connectivity index (χ3v) is 28.7. The molecule has 14 heteroatoms. The van der Waals surface area contributed by atoms with Gasteiger partial charge in [0.05, 0.1) is 56.9 Å². The Kier molecular flexibility index (Phi) is 23.7. The lowest BCUT2D eigenvalue weighted by atomic mass is 9.77. The Morgan fingerprint density at radius 2 is 0.478 bits per heavy atom. The van der Waals surface area contributed by atoms with Crippen LogP contribution in [-0.2, 0) is 38.5 Å². The average Bonchev–Trinajstić information content (AvgIpc) is 0.750. The Hall–Kier alpha value is -14.2. The molecule has 16 bridgehead atoms. The fourth-order valence-corrected chi connectivity index (χ4v) is 21.7. The number of aromatic nitrogens is 8. The molecule has 0 fully saturated rings. The maximum Gasteiger partial charge on any atom is 0.266 e. The highest BCUT2D eigenvalue weighted by Crippen LogP contribution is 2.54. The number of benzene rings is 9. The lowest BCUT2D eigenvalue weighted by Gasteiger charge is -2.32. The van der Waals surface area contributed by atoms with E-state index in [2.05, 4.69) is 221 Å². The van der Waals surface area contributed by atoms with Crippen molar-refractivity contribution in [2.75, 3.05) is 9.80 Å². The molecule has 21 rings (SSSR count). The minimum Gasteiger partial charge on any atom is -0.355 e. The molecule has 12 heterocycles. The molecule has 668 valence electrons. The molecule has 0 spiro atoms. The summed E-state index contributed by atoms with van der Waals surface area (Å²) in [4.78, 5) is 106. The van der Waals surface area contributed by atoms with Crippen LogP contribution in [0.25, 0.3) is 180 Å². The first-order valence-corrected chi connectivity index (χ1v) is 49.4. The normalized spacial score (nSPS) is 13.4. The second-order valence-electron chi connectivity index (χ2n) is 37.6. The molecule has 0 aliphatic carbocycles. The number of hydrogen-bond acceptors (Lipinski definition) is 8. The van der Waals surface area contributed by atoms with E-state index in [0.29, 0.717) is 44.4 Å². The fraction of sp³-hybridized carbons (Fsp3) is 0.267. The maximum atomic E-state index is 16.4. The van der Waals surface area contributed by atoms with Crippen molar-refractivity contribution >= 4 is 171 Å². The molecule has 0 radical (unpaired) electrons. The highest BCUT2D eigenvalue weighted by atomic mass is 16.2. The van der Waals surface area contributed by atoms with Crippen molar-refractivity contribution in [1.29, 1.82) is 0 Å². The monoisotopic (exact) mass is 1760 g/mol. The maximum absolute atomic E-state index is 16.4. The van der Waals surface area contributed by atoms with Crippen molar-refractivity contribution in [3.05, 3.63) is 294 Å². The molecular weight excluding hydrogens is 1650 g/mol. The second kappa shape index (κ2) is 36.7. The number of nitrogens with zero attached hydrogens (tertiary/aromatic N) is 6. The molecular formula is C120H114N10O4. The van der Waals surface area contributed by atoms with E-state index >= 15 is 19.2 Å². The first kappa shape index (κ1) is 86.5. The number of rotatable bonds is 30. The predicted molar refractivity (Wildman–Crippen MR) is 558 cm³/mol. The number of aryl methyl sites for hydroxylation is 8. The third kappa shape index (κ3) is 15.5. The molecule has 14 nitrogen and oxygen atoms in total. The highest BCUT2D eigenvalue weighted by Gasteiger charge is 2.41. The van der Waals surface area contributed by atoms with E-state index in [1.807, 2.05) is 84.9 Å². The minimum atomic E-state index is -0.451. The van der Waals surface area contributed by atoms with Crippen LogP contribution in [0.3, 0.4) is 0 Å². The van der Waals surface area contributed by atoms with Gasteiger partial charge >= 0.3 is 0 Å². The van der Waals surface area contributed by atoms with Gasteiger partial charge < -0.3 is 19.9 Å². The Labute approximate surface area is 783 Å². The predicted octanol–water partition coefficient (Wildman–Crippen LogP) is 31.0. The van der Waals surface area contributed by atoms with E-state index in [0.717, 1.165) is 332 Å². The van der Waals surface area contributed by atoms with E-state index in [-0.39, 0.29) is 0 Å². The molecule has 0 atom stereocenters. The Bertz CT molecular complexity index is 7320. The van der Waals surface area contributed by atoms with Gasteiger partial charge in [-0.3, -0.25) is 19.2 Å². The van der Waals surface area contributed by atoms with Gasteiger partial charge in [0.15, 0.2) is 0 Å². The molecule has 134 heavy (non-hydrogen) atoms. The van der Waals surface area contributed by atoms with Crippen molar-refractivity contribution in [1.82, 2.24) is 39.9 Å². The molecule has 4 amide bonds. The number of carbonyl (C=O) groups excluding carboxylic acids is 4. The largest absolute Gasteiger partial charge is 0.355 e. The summed E-state index contributed by atoms with van der Waals surface area (Å²) < 4.78 is 0. The first-order chi connectivity index (χ1) is 65.7. The molecule has 0 saturated heterocycles. The number of nitrogens with one attached hydrogen (secondary N) is 4. The van der Waals surface area contributed by atoms with Crippen LogP contribution in [0.15, 0.2) is 182 Å². The van der Waals surface area contributed by atoms with Crippen LogP contribution < -0.4 is 9.80 Å². The number of amides is 4. The smallest absolute Gasteiger partial charge is 0.266 e. The number of carbonyl (C=O) groups is 4. The Morgan fingerprint density at radius 1 is 0.231 bits per heavy atom. The van der Waals surface area contributed by atoms with Crippen LogP contribution in [0.5, 0.6) is 0 Å². The van der Waals surface area contributed by atoms with Crippen LogP contribution in [0.2, 0.25) is 0 Å². The number of imide groups is 2. The van der Waals surface area contributed by atoms with Gasteiger partial charge in [-0.1, -0.05) is 215 Å². The van der Waals surface area contributed by atoms with Crippen LogP contribution >= 0.6 is 0 Å². The molecule has 0 unspecified atom stereocenters. The van der Waals surface area contributed by atoms with Crippen LogP contribution in [-0.4, -0.2) is 63.5 Å². The van der Waals surface area contributed by atoms with Gasteiger partial charge in [-0.15, -0.1) is 0 Å². The topological polar surface area (TPSA) is 189 Å². The molecule has 0 saturated carbocycles. The Morgan fingerprint density at radius 3 is 0.761 bits per heavy atom. The zero-order valence-electron chi connectivity index (χ0n) is 78.2. The fourth-order valence-electron chi connectivity index (χ4n) is 21.7. The number of H-pyrrole nitrogens is 4. The van der Waals surface area contributed by atoms with Crippen molar-refractivity contribution in [2.45, 2.75) is 209 Å². The SMILES string of the molecule is CCCCCc1c2nc(c(CCCCC)c3ccc([nH]3)c(-c3ccc(N4C(=O)c5ccc6c7c(-c8ccc(C)cc8)cc8c9c(ccc(c%10c(-c%11ccc(C)cc%11)cc(c5c6%10)C4=O)c97)C(=O)N(c4ccc(-c5c6nc(c(CCCCC)c7ccc([nH]7)c(CCCCC)c7nc(c(CCCCC)c9ccc5[nH]9)C=C7)C=C6)cc4)C8=O)cc3)c3nc(c(CCCCC)c4ccc1[nH]4)C=C3)C=C2. The second-order valence-corrected chi connectivity index (χ2v) is 37.6. The van der Waals surface area contributed by atoms with Gasteiger partial charge in [-0.25, -0.2) is 29.7 Å². The van der Waals surface area contributed by atoms with E-state index in [9.17, 15) is 0 Å². The van der Waals surface area contributed by atoms with E-state index in [4.69, 9.17) is 19.9 Å². The first-order valence-electron chi connectivity index (χ1n) is 49.4. The third-order valence-electron chi connectivity index (χ3n) is 28.7. The summed E-state index contributed by atoms with van der Waals surface area (Å²) in [5.74, 6) is -1.80. The van der Waals surface area contributed by atoms with Crippen LogP contribution in [0.4, 0.5) is 11.4 Å². The zero-order valence-corrected chi connectivity index (χ0v) is 78.2. The molecule has 6 aliphatic rings. The van der Waals surface area contributed by atoms with Gasteiger partial charge in [0, 0.05) is 122 Å². The summed E-state index contributed by atoms with van der Waals surface area (Å²) >= 11 is 0. The summed E-state index contributed by atoms with van der Waals surface area (Å²) in [6.45, 7) is 17.6. The number of anilines is 2. The highest BCUT2D eigenvalue weighted by molar-refractivity contribution is 6.48. The van der Waals surface area contributed by atoms with Crippen LogP contribution in [0.1, 0.15) is 289 Å². The minimum absolute atomic E-state index is 0.384. The van der Waals surface area contributed by atoms with Gasteiger partial charge in [-0.05, 0) is 302 Å². The van der Waals surface area contributed by atoms with Crippen molar-refractivity contribution in [2.24, 2.45) is 0 Å². The van der Waals surface area contributed by atoms with E-state index < -0.39 is 23.6 Å². The van der Waals surface area contributed by atoms with E-state index in [1.165, 1.54) is 43.2 Å². The van der Waals surface area contributed by atoms with Crippen molar-refractivity contribution < 1.29 is 19.2 Å². The zero-order chi connectivity index (χ0) is 91.5. The number of aromatic amines is 4. The van der Waals surface area contributed by atoms with E-state index in [1.54, 1.807) is 0 Å². The standard InChI is InChI=1S/C120H114N10O4/c1-9-15-21-27-79-93-53-57-97(121-93)81(29-23-17-11-3)101-61-65-105(125-101)109(106-66-62-102(126-106)82(30-24-18-12-4)98-58-54-94(79)122-98)75-41-45-77(46-42-75)129-117(131)87-51-49-85-112-90(74-39-35-72(8)36-40-74)70-92-114-88(52-50-86(116(112)114)111-89(73-37-33-71(7)34-38-73)69-91(119(129)133)113(87)115(85)111)118(132)130(120(92)134)78-47-43-76(44-48-78)110-107-67-63-103(127-107)83(31-25-19-13-5)99-59-55-95(123-99)80(28-22-16-10-2)96-56-60-100(124-96)84(32-26-20-14-6)104-64-68-108(110)128-104/h33-70,121,123,126,128H,9-32H2,1-8H3. The lowest BCUT2D eigenvalue weighted by Crippen LogP contribution is -2.40. The Balaban J connectivity index is 0.693. The summed E-state index contributed by atoms with van der Waals surface area (Å²) in [6, 6.07) is 61.9. The summed E-state index contributed by atoms with van der Waals surface area (Å²) in [5.41, 5.74) is 34.0. The molecule has 6 aliphatic heterocycles. The lowest BCUT2D eigenvalue weighted by molar-refractivity contribution is 0.0877. The van der Waals surface area contributed by atoms with Gasteiger partial charge in [0.2, 0.25) is 0 Å². The number of fused-ring (bicyclic) bond motifs is 18. The number of hydrogen-bond donors (Lipinski definition) is 4. The summed E-state index contributed by atoms with van der Waals surface area (Å²) in [6.07, 6.45) is 42.2. The number of unbranched alkanes of at least 4 members (excludes halogenated alkanes) is 12. The molecule has 4 N–H and O–H groups in total. The molecule has 9 aromatic carbocycles. The van der Waals surface area contributed by atoms with Crippen molar-refractivity contribution in [3.63, 3.8) is 0 Å². The van der Waals surface area contributed by atoms with Gasteiger partial charge in [0.1, 0.15) is 0 Å². The van der Waals surface area contributed by atoms with Gasteiger partial charge in [-0.2, -0.15) is 0 Å². The van der Waals surface area contributed by atoms with Crippen LogP contribution in [0, 0.1) is 13.8 Å². The van der Waals surface area contributed by atoms with Gasteiger partial charge in [0.25, 0.3) is 23.6 Å². The molecule has 15 aromatic rings. The van der Waals surface area contributed by atoms with Crippen molar-refractivity contribution in [3.8, 4) is 44.5 Å². The molecule has 6 aromatic heterocycles. The quantitative estimate of drug-likeness (QED) is 0.0148. The summed E-state index contributed by atoms with van der Waals surface area (Å²) in [5, 5.41) is 5.80. The summed E-state index contributed by atoms with van der Waals surface area (Å²) in [7, 11) is 0. The average molecular weight is 1760 g/mol.